The minimum atomic E-state index is -5.35. The van der Waals surface area contributed by atoms with Crippen LogP contribution < -0.4 is 15.6 Å². The number of phosphoric acid groups is 2. The normalized spacial score (nSPS) is 29.1. The molecular formula is C28H34N7O13P2+. The Kier molecular flexibility index (Phi) is 10.4. The highest BCUT2D eigenvalue weighted by atomic mass is 31.3. The fourth-order valence-electron chi connectivity index (χ4n) is 5.82. The van der Waals surface area contributed by atoms with Gasteiger partial charge in [-0.25, -0.2) is 24.1 Å². The van der Waals surface area contributed by atoms with Crippen molar-refractivity contribution in [1.29, 1.82) is 0 Å². The quantitative estimate of drug-likeness (QED) is 0.0651. The first-order chi connectivity index (χ1) is 23.7. The Hall–Kier alpha value is -3.75. The first-order valence-electron chi connectivity index (χ1n) is 15.1. The molecule has 1 aliphatic carbocycles. The number of anilines is 2. The Balaban J connectivity index is 1.04. The van der Waals surface area contributed by atoms with Gasteiger partial charge in [0.1, 0.15) is 36.3 Å². The second kappa shape index (κ2) is 14.5. The molecule has 2 aliphatic rings. The molecule has 2 unspecified atom stereocenters. The summed E-state index contributed by atoms with van der Waals surface area (Å²) in [6, 6.07) is 11.3. The van der Waals surface area contributed by atoms with E-state index in [1.165, 1.54) is 46.3 Å². The van der Waals surface area contributed by atoms with Crippen LogP contribution in [0.3, 0.4) is 0 Å². The number of ether oxygens (including phenoxy) is 1. The van der Waals surface area contributed by atoms with E-state index in [1.807, 2.05) is 30.3 Å². The van der Waals surface area contributed by atoms with Crippen molar-refractivity contribution >= 4 is 44.2 Å². The fourth-order valence-corrected chi connectivity index (χ4v) is 7.96. The van der Waals surface area contributed by atoms with Gasteiger partial charge < -0.3 is 46.0 Å². The van der Waals surface area contributed by atoms with Crippen LogP contribution in [0, 0.1) is 5.92 Å². The third-order valence-corrected chi connectivity index (χ3v) is 10.9. The summed E-state index contributed by atoms with van der Waals surface area (Å²) >= 11 is 0. The molecule has 6 rings (SSSR count). The number of phosphoric ester groups is 2. The van der Waals surface area contributed by atoms with E-state index in [1.54, 1.807) is 0 Å². The molecule has 4 aromatic rings. The van der Waals surface area contributed by atoms with Crippen LogP contribution in [0.2, 0.25) is 0 Å². The molecule has 268 valence electrons. The molecule has 1 aromatic carbocycles. The highest BCUT2D eigenvalue weighted by Crippen LogP contribution is 2.61. The number of carbonyl (C=O) groups is 1. The Labute approximate surface area is 282 Å². The number of para-hydroxylation sites is 1. The average Bonchev–Trinajstić information content (AvgIpc) is 3.73. The van der Waals surface area contributed by atoms with Crippen molar-refractivity contribution in [3.05, 3.63) is 73.1 Å². The molecule has 1 saturated carbocycles. The summed E-state index contributed by atoms with van der Waals surface area (Å²) in [4.78, 5) is 44.6. The number of fused-ring (bicyclic) bond motifs is 1. The minimum Gasteiger partial charge on any atom is -0.390 e. The van der Waals surface area contributed by atoms with Crippen molar-refractivity contribution in [2.45, 2.75) is 49.2 Å². The second-order valence-electron chi connectivity index (χ2n) is 11.6. The number of carbonyl (C=O) groups excluding carboxylic acids is 1. The van der Waals surface area contributed by atoms with Gasteiger partial charge in [0.25, 0.3) is 5.91 Å². The number of aromatic nitrogens is 5. The van der Waals surface area contributed by atoms with Gasteiger partial charge in [0.15, 0.2) is 41.6 Å². The molecule has 10 atom stereocenters. The van der Waals surface area contributed by atoms with Crippen molar-refractivity contribution in [1.82, 2.24) is 19.5 Å². The van der Waals surface area contributed by atoms with E-state index in [-0.39, 0.29) is 17.6 Å². The molecule has 1 amide bonds. The molecule has 2 fully saturated rings. The zero-order valence-electron chi connectivity index (χ0n) is 25.8. The van der Waals surface area contributed by atoms with Crippen LogP contribution in [0.25, 0.3) is 11.2 Å². The molecule has 50 heavy (non-hydrogen) atoms. The van der Waals surface area contributed by atoms with E-state index in [0.717, 1.165) is 5.69 Å². The summed E-state index contributed by atoms with van der Waals surface area (Å²) in [5.41, 5.74) is 6.73. The number of nitrogens with two attached hydrogens (primary N) is 1. The van der Waals surface area contributed by atoms with Gasteiger partial charge in [-0.05, 0) is 18.2 Å². The van der Waals surface area contributed by atoms with Gasteiger partial charge in [0.2, 0.25) is 0 Å². The Morgan fingerprint density at radius 2 is 1.68 bits per heavy atom. The van der Waals surface area contributed by atoms with Crippen LogP contribution in [0.4, 0.5) is 11.5 Å². The smallest absolute Gasteiger partial charge is 0.390 e. The van der Waals surface area contributed by atoms with E-state index >= 15 is 0 Å². The number of amides is 1. The molecular weight excluding hydrogens is 704 g/mol. The van der Waals surface area contributed by atoms with E-state index in [9.17, 15) is 44.1 Å². The molecule has 3 aromatic heterocycles. The van der Waals surface area contributed by atoms with Gasteiger partial charge in [-0.15, -0.1) is 0 Å². The molecule has 22 heteroatoms. The molecule has 0 spiro atoms. The Morgan fingerprint density at radius 1 is 0.960 bits per heavy atom. The summed E-state index contributed by atoms with van der Waals surface area (Å²) < 4.78 is 47.7. The SMILES string of the molecule is NC(=O)c1ccc[n+]([C@@H]2C[C@H](COP(=O)(O)OP(=O)(O)OC[C@@H]3O[C@H](n4cnc5c(Nc6ccccc6)ncnc54)[C@@H](O)[C@H]3O)[C@@H](O)[C@H]2O)c1. The number of aliphatic hydroxyl groups is 4. The second-order valence-corrected chi connectivity index (χ2v) is 14.7. The van der Waals surface area contributed by atoms with Crippen LogP contribution in [-0.2, 0) is 27.2 Å². The number of rotatable bonds is 13. The Morgan fingerprint density at radius 3 is 2.40 bits per heavy atom. The highest BCUT2D eigenvalue weighted by molar-refractivity contribution is 7.61. The number of pyridine rings is 1. The van der Waals surface area contributed by atoms with Crippen LogP contribution in [0.5, 0.6) is 0 Å². The van der Waals surface area contributed by atoms with E-state index < -0.39 is 83.5 Å². The lowest BCUT2D eigenvalue weighted by atomic mass is 10.1. The van der Waals surface area contributed by atoms with Gasteiger partial charge in [0.05, 0.1) is 25.6 Å². The molecule has 4 heterocycles. The van der Waals surface area contributed by atoms with Gasteiger partial charge in [-0.3, -0.25) is 18.4 Å². The number of hydrogen-bond acceptors (Lipinski definition) is 15. The zero-order valence-corrected chi connectivity index (χ0v) is 27.6. The number of nitrogens with one attached hydrogen (secondary N) is 1. The van der Waals surface area contributed by atoms with Crippen molar-refractivity contribution in [3.8, 4) is 0 Å². The first kappa shape index (κ1) is 36.1. The first-order valence-corrected chi connectivity index (χ1v) is 18.1. The molecule has 9 N–H and O–H groups in total. The predicted molar refractivity (Wildman–Crippen MR) is 168 cm³/mol. The lowest BCUT2D eigenvalue weighted by Crippen LogP contribution is -2.45. The monoisotopic (exact) mass is 738 g/mol. The molecule has 1 saturated heterocycles. The number of aliphatic hydroxyl groups excluding tert-OH is 4. The lowest BCUT2D eigenvalue weighted by Gasteiger charge is -2.20. The third kappa shape index (κ3) is 7.76. The average molecular weight is 739 g/mol. The molecule has 1 aliphatic heterocycles. The van der Waals surface area contributed by atoms with Crippen molar-refractivity contribution < 1.29 is 66.8 Å². The predicted octanol–water partition coefficient (Wildman–Crippen LogP) is -0.191. The van der Waals surface area contributed by atoms with Crippen LogP contribution in [0.1, 0.15) is 29.0 Å². The van der Waals surface area contributed by atoms with Crippen molar-refractivity contribution in [3.63, 3.8) is 0 Å². The van der Waals surface area contributed by atoms with Crippen molar-refractivity contribution in [2.24, 2.45) is 11.7 Å². The maximum atomic E-state index is 12.6. The maximum Gasteiger partial charge on any atom is 0.481 e. The largest absolute Gasteiger partial charge is 0.481 e. The summed E-state index contributed by atoms with van der Waals surface area (Å²) in [5.74, 6) is -1.29. The minimum absolute atomic E-state index is 0.0198. The van der Waals surface area contributed by atoms with Crippen LogP contribution >= 0.6 is 15.6 Å². The summed E-state index contributed by atoms with van der Waals surface area (Å²) in [7, 11) is -10.7. The number of benzene rings is 1. The molecule has 0 bridgehead atoms. The number of imidazole rings is 1. The van der Waals surface area contributed by atoms with Crippen LogP contribution in [-0.4, -0.2) is 99.4 Å². The topological polar surface area (TPSA) is 295 Å². The highest BCUT2D eigenvalue weighted by Gasteiger charge is 2.49. The standard InChI is InChI=1S/C28H33N7O13P2/c29-25(40)15-5-4-8-34(10-15)18-9-16(21(36)22(18)37)11-45-49(41,42)48-50(43,44)46-12-19-23(38)24(39)28(47-19)35-14-32-20-26(30-13-31-27(20)35)33-17-6-2-1-3-7-17/h1-8,10,13-14,16,18-19,21-24,28,36-39H,9,11-12H2,(H4-,29,30,31,33,40,41,42,43,44)/p+1/t16-,18-,19+,21-,22+,23+,24+,28+/m1/s1. The summed E-state index contributed by atoms with van der Waals surface area (Å²) in [5, 5.41) is 45.6. The Bertz CT molecular complexity index is 1940. The maximum absolute atomic E-state index is 12.6. The third-order valence-electron chi connectivity index (χ3n) is 8.33. The van der Waals surface area contributed by atoms with Crippen LogP contribution in [0.15, 0.2) is 67.5 Å². The molecule has 20 nitrogen and oxygen atoms in total. The number of primary amides is 1. The summed E-state index contributed by atoms with van der Waals surface area (Å²) in [6.45, 7) is -1.55. The fraction of sp³-hybridized carbons (Fsp3) is 0.393. The van der Waals surface area contributed by atoms with E-state index in [4.69, 9.17) is 19.5 Å². The zero-order chi connectivity index (χ0) is 35.8. The number of hydrogen-bond donors (Lipinski definition) is 8. The van der Waals surface area contributed by atoms with Gasteiger partial charge in [0, 0.05) is 24.1 Å². The number of nitrogens with zero attached hydrogens (tertiary/aromatic N) is 5. The van der Waals surface area contributed by atoms with Crippen molar-refractivity contribution in [2.75, 3.05) is 18.5 Å². The molecule has 0 radical (unpaired) electrons. The lowest BCUT2D eigenvalue weighted by molar-refractivity contribution is -0.728. The van der Waals surface area contributed by atoms with E-state index in [0.29, 0.717) is 11.3 Å². The van der Waals surface area contributed by atoms with Gasteiger partial charge in [-0.2, -0.15) is 8.88 Å². The summed E-state index contributed by atoms with van der Waals surface area (Å²) in [6.07, 6.45) is -3.23. The van der Waals surface area contributed by atoms with Gasteiger partial charge in [-0.1, -0.05) is 18.2 Å². The van der Waals surface area contributed by atoms with Gasteiger partial charge >= 0.3 is 15.6 Å². The van der Waals surface area contributed by atoms with E-state index in [2.05, 4.69) is 24.6 Å².